The Balaban J connectivity index is 1.99. The van der Waals surface area contributed by atoms with Crippen LogP contribution in [-0.2, 0) is 11.2 Å². The van der Waals surface area contributed by atoms with Crippen LogP contribution in [-0.4, -0.2) is 24.2 Å². The Bertz CT molecular complexity index is 925. The Labute approximate surface area is 155 Å². The van der Waals surface area contributed by atoms with E-state index in [1.165, 1.54) is 0 Å². The summed E-state index contributed by atoms with van der Waals surface area (Å²) in [7, 11) is 0. The van der Waals surface area contributed by atoms with Gasteiger partial charge in [0.25, 0.3) is 0 Å². The molecule has 1 unspecified atom stereocenters. The van der Waals surface area contributed by atoms with Crippen molar-refractivity contribution in [3.8, 4) is 5.75 Å². The molecule has 0 spiro atoms. The van der Waals surface area contributed by atoms with Crippen LogP contribution in [0.25, 0.3) is 6.08 Å². The van der Waals surface area contributed by atoms with Crippen LogP contribution in [0.15, 0.2) is 41.4 Å². The molecule has 0 amide bonds. The standard InChI is InChI=1S/C19H17Cl2NO3/c1-19(8-12-2-4-13(20)5-3-12)9-14-16(25-10-17(23)24)7-6-15(21)18(14)22-11-19/h2-7,9H,8,10-11H2,1H3,(H,23,24). The number of fused-ring (bicyclic) bond motifs is 1. The van der Waals surface area contributed by atoms with E-state index in [1.54, 1.807) is 12.1 Å². The molecule has 6 heteroatoms. The van der Waals surface area contributed by atoms with Gasteiger partial charge in [-0.05, 0) is 36.2 Å². The molecule has 0 saturated heterocycles. The fraction of sp³-hybridized carbons (Fsp3) is 0.263. The third-order valence-corrected chi connectivity index (χ3v) is 4.65. The summed E-state index contributed by atoms with van der Waals surface area (Å²) in [5.74, 6) is -0.548. The van der Waals surface area contributed by atoms with Crippen molar-refractivity contribution in [1.29, 1.82) is 0 Å². The van der Waals surface area contributed by atoms with E-state index in [2.05, 4.69) is 18.0 Å². The van der Waals surface area contributed by atoms with Gasteiger partial charge in [-0.1, -0.05) is 48.3 Å². The summed E-state index contributed by atoms with van der Waals surface area (Å²) in [4.78, 5) is 15.4. The van der Waals surface area contributed by atoms with Crippen molar-refractivity contribution >= 4 is 35.2 Å². The summed E-state index contributed by atoms with van der Waals surface area (Å²) in [6.45, 7) is 2.29. The second-order valence-electron chi connectivity index (χ2n) is 6.41. The maximum Gasteiger partial charge on any atom is 0.341 e. The predicted octanol–water partition coefficient (Wildman–Crippen LogP) is 3.12. The number of carboxylic acids is 1. The highest BCUT2D eigenvalue weighted by Gasteiger charge is 2.25. The normalized spacial score (nSPS) is 18.7. The van der Waals surface area contributed by atoms with Crippen LogP contribution in [0, 0.1) is 5.41 Å². The molecule has 0 fully saturated rings. The van der Waals surface area contributed by atoms with Gasteiger partial charge in [0.15, 0.2) is 6.61 Å². The Kier molecular flexibility index (Phi) is 5.02. The highest BCUT2D eigenvalue weighted by atomic mass is 35.5. The average Bonchev–Trinajstić information content (AvgIpc) is 2.56. The van der Waals surface area contributed by atoms with Gasteiger partial charge in [0.2, 0.25) is 0 Å². The zero-order valence-corrected chi connectivity index (χ0v) is 15.1. The first-order valence-electron chi connectivity index (χ1n) is 7.81. The summed E-state index contributed by atoms with van der Waals surface area (Å²) in [5, 5.41) is 11.5. The molecule has 2 aromatic rings. The number of carboxylic acid groups (broad SMARTS) is 1. The molecule has 0 saturated carbocycles. The first-order valence-corrected chi connectivity index (χ1v) is 8.57. The SMILES string of the molecule is CC1(Cc2ccc(Cl)cc2)C=c2c(OCC(=O)O)ccc(Cl)c2=NC1. The smallest absolute Gasteiger partial charge is 0.341 e. The number of rotatable bonds is 5. The number of aliphatic carboxylic acids is 1. The lowest BCUT2D eigenvalue weighted by Gasteiger charge is -2.27. The maximum atomic E-state index is 10.8. The van der Waals surface area contributed by atoms with E-state index in [9.17, 15) is 4.79 Å². The monoisotopic (exact) mass is 377 g/mol. The highest BCUT2D eigenvalue weighted by Crippen LogP contribution is 2.27. The van der Waals surface area contributed by atoms with Gasteiger partial charge in [0.1, 0.15) is 5.75 Å². The predicted molar refractivity (Wildman–Crippen MR) is 98.0 cm³/mol. The molecule has 1 aliphatic rings. The van der Waals surface area contributed by atoms with Crippen molar-refractivity contribution in [1.82, 2.24) is 0 Å². The molecule has 0 aromatic heterocycles. The van der Waals surface area contributed by atoms with Crippen molar-refractivity contribution in [3.63, 3.8) is 0 Å². The largest absolute Gasteiger partial charge is 0.481 e. The number of ether oxygens (including phenoxy) is 1. The summed E-state index contributed by atoms with van der Waals surface area (Å²) < 4.78 is 5.41. The minimum absolute atomic E-state index is 0.229. The van der Waals surface area contributed by atoms with Gasteiger partial charge in [-0.15, -0.1) is 0 Å². The van der Waals surface area contributed by atoms with Crippen molar-refractivity contribution < 1.29 is 14.6 Å². The lowest BCUT2D eigenvalue weighted by atomic mass is 9.81. The zero-order valence-electron chi connectivity index (χ0n) is 13.6. The van der Waals surface area contributed by atoms with Crippen molar-refractivity contribution in [2.45, 2.75) is 13.3 Å². The van der Waals surface area contributed by atoms with Crippen LogP contribution in [0.5, 0.6) is 5.75 Å². The molecule has 1 aliphatic heterocycles. The summed E-state index contributed by atoms with van der Waals surface area (Å²) in [5.41, 5.74) is 0.921. The van der Waals surface area contributed by atoms with Gasteiger partial charge < -0.3 is 9.84 Å². The topological polar surface area (TPSA) is 58.9 Å². The van der Waals surface area contributed by atoms with E-state index in [4.69, 9.17) is 33.0 Å². The Morgan fingerprint density at radius 2 is 1.96 bits per heavy atom. The van der Waals surface area contributed by atoms with E-state index in [1.807, 2.05) is 24.3 Å². The Morgan fingerprint density at radius 1 is 1.24 bits per heavy atom. The fourth-order valence-corrected chi connectivity index (χ4v) is 3.31. The lowest BCUT2D eigenvalue weighted by Crippen LogP contribution is -2.38. The van der Waals surface area contributed by atoms with E-state index in [0.717, 1.165) is 17.2 Å². The number of carbonyl (C=O) groups is 1. The second kappa shape index (κ2) is 7.06. The average molecular weight is 378 g/mol. The molecule has 4 nitrogen and oxygen atoms in total. The molecule has 1 N–H and O–H groups in total. The number of halogens is 2. The highest BCUT2D eigenvalue weighted by molar-refractivity contribution is 6.30. The van der Waals surface area contributed by atoms with Crippen LogP contribution < -0.4 is 15.3 Å². The minimum Gasteiger partial charge on any atom is -0.481 e. The number of benzene rings is 2. The van der Waals surface area contributed by atoms with E-state index < -0.39 is 12.6 Å². The fourth-order valence-electron chi connectivity index (χ4n) is 2.96. The number of nitrogens with zero attached hydrogens (tertiary/aromatic N) is 1. The third kappa shape index (κ3) is 4.14. The van der Waals surface area contributed by atoms with Gasteiger partial charge in [0, 0.05) is 22.2 Å². The van der Waals surface area contributed by atoms with Gasteiger partial charge >= 0.3 is 5.97 Å². The van der Waals surface area contributed by atoms with E-state index in [0.29, 0.717) is 27.7 Å². The van der Waals surface area contributed by atoms with Crippen molar-refractivity contribution in [3.05, 3.63) is 62.6 Å². The van der Waals surface area contributed by atoms with Crippen LogP contribution in [0.1, 0.15) is 12.5 Å². The summed E-state index contributed by atoms with van der Waals surface area (Å²) in [6, 6.07) is 11.1. The number of hydrogen-bond acceptors (Lipinski definition) is 3. The summed E-state index contributed by atoms with van der Waals surface area (Å²) >= 11 is 12.2. The molecule has 2 aromatic carbocycles. The minimum atomic E-state index is -1.03. The summed E-state index contributed by atoms with van der Waals surface area (Å²) in [6.07, 6.45) is 2.85. The maximum absolute atomic E-state index is 10.8. The van der Waals surface area contributed by atoms with Crippen LogP contribution >= 0.6 is 23.2 Å². The molecule has 130 valence electrons. The molecule has 1 heterocycles. The third-order valence-electron chi connectivity index (χ3n) is 4.09. The molecular weight excluding hydrogens is 361 g/mol. The van der Waals surface area contributed by atoms with Gasteiger partial charge in [0.05, 0.1) is 10.4 Å². The Morgan fingerprint density at radius 3 is 2.64 bits per heavy atom. The molecule has 0 aliphatic carbocycles. The van der Waals surface area contributed by atoms with Crippen molar-refractivity contribution in [2.24, 2.45) is 10.4 Å². The molecular formula is C19H17Cl2NO3. The van der Waals surface area contributed by atoms with Gasteiger partial charge in [-0.2, -0.15) is 0 Å². The number of hydrogen-bond donors (Lipinski definition) is 1. The lowest BCUT2D eigenvalue weighted by molar-refractivity contribution is -0.139. The zero-order chi connectivity index (χ0) is 18.0. The first-order chi connectivity index (χ1) is 11.9. The van der Waals surface area contributed by atoms with E-state index in [-0.39, 0.29) is 5.41 Å². The van der Waals surface area contributed by atoms with Crippen LogP contribution in [0.4, 0.5) is 0 Å². The molecule has 25 heavy (non-hydrogen) atoms. The van der Waals surface area contributed by atoms with Crippen molar-refractivity contribution in [2.75, 3.05) is 13.2 Å². The van der Waals surface area contributed by atoms with Gasteiger partial charge in [-0.25, -0.2) is 4.79 Å². The quantitative estimate of drug-likeness (QED) is 0.870. The molecule has 3 rings (SSSR count). The van der Waals surface area contributed by atoms with Crippen LogP contribution in [0.2, 0.25) is 10.0 Å². The second-order valence-corrected chi connectivity index (χ2v) is 7.25. The first kappa shape index (κ1) is 17.8. The van der Waals surface area contributed by atoms with E-state index >= 15 is 0 Å². The van der Waals surface area contributed by atoms with Crippen LogP contribution in [0.3, 0.4) is 0 Å². The molecule has 0 bridgehead atoms. The van der Waals surface area contributed by atoms with Gasteiger partial charge in [-0.3, -0.25) is 4.99 Å². The molecule has 1 atom stereocenters. The molecule has 0 radical (unpaired) electrons. The Hall–Kier alpha value is -2.04.